The summed E-state index contributed by atoms with van der Waals surface area (Å²) in [5.74, 6) is -5.58. The van der Waals surface area contributed by atoms with Crippen LogP contribution in [0.4, 0.5) is 23.2 Å². The van der Waals surface area contributed by atoms with E-state index >= 15 is 0 Å². The number of anilines is 1. The Morgan fingerprint density at radius 1 is 1.00 bits per heavy atom. The Labute approximate surface area is 196 Å². The number of likely N-dealkylation sites (tertiary alicyclic amines) is 1. The number of benzene rings is 2. The molecule has 0 radical (unpaired) electrons. The highest BCUT2D eigenvalue weighted by molar-refractivity contribution is 6.04. The Hall–Kier alpha value is -3.11. The molecule has 2 aromatic rings. The maximum Gasteiger partial charge on any atom is 0.255 e. The van der Waals surface area contributed by atoms with Crippen LogP contribution in [0.5, 0.6) is 0 Å². The number of halogens is 4. The standard InChI is InChI=1S/C14H9F4NO.C8H17NO.2CH2O/c1-7-4-8(2-3-10(7)15)14(20)19-9-5-11(16)13(18)12(17)6-9;1-7-4-3-5-8(10)6-9(7)2;2*1-2/h2-6H,1H3,(H,19,20);7-8,10H,3-6H2,1-2H3;2*1H2. The van der Waals surface area contributed by atoms with Gasteiger partial charge >= 0.3 is 0 Å². The fourth-order valence-corrected chi connectivity index (χ4v) is 3.09. The summed E-state index contributed by atoms with van der Waals surface area (Å²) in [6, 6.07) is 5.60. The number of carbonyl (C=O) groups excluding carboxylic acids is 3. The van der Waals surface area contributed by atoms with Crippen LogP contribution in [0.15, 0.2) is 30.3 Å². The highest BCUT2D eigenvalue weighted by Crippen LogP contribution is 2.19. The number of aryl methyl sites for hydroxylation is 1. The lowest BCUT2D eigenvalue weighted by Gasteiger charge is -2.22. The van der Waals surface area contributed by atoms with E-state index in [1.165, 1.54) is 31.9 Å². The monoisotopic (exact) mass is 486 g/mol. The highest BCUT2D eigenvalue weighted by atomic mass is 19.2. The molecule has 1 amide bonds. The number of aliphatic hydroxyl groups excluding tert-OH is 1. The van der Waals surface area contributed by atoms with Gasteiger partial charge in [-0.3, -0.25) is 4.79 Å². The molecule has 34 heavy (non-hydrogen) atoms. The summed E-state index contributed by atoms with van der Waals surface area (Å²) in [6.07, 6.45) is 3.30. The van der Waals surface area contributed by atoms with Gasteiger partial charge in [-0.15, -0.1) is 0 Å². The second-order valence-corrected chi connectivity index (χ2v) is 7.55. The fourth-order valence-electron chi connectivity index (χ4n) is 3.09. The van der Waals surface area contributed by atoms with Crippen LogP contribution in [0, 0.1) is 30.2 Å². The van der Waals surface area contributed by atoms with Crippen LogP contribution in [0.2, 0.25) is 0 Å². The number of rotatable bonds is 2. The molecule has 10 heteroatoms. The van der Waals surface area contributed by atoms with Gasteiger partial charge in [0.05, 0.1) is 6.10 Å². The molecular weight excluding hydrogens is 456 g/mol. The van der Waals surface area contributed by atoms with Crippen molar-refractivity contribution in [3.63, 3.8) is 0 Å². The first kappa shape index (κ1) is 30.9. The Morgan fingerprint density at radius 3 is 2.09 bits per heavy atom. The molecule has 0 aromatic heterocycles. The van der Waals surface area contributed by atoms with E-state index in [1.807, 2.05) is 13.6 Å². The van der Waals surface area contributed by atoms with E-state index in [9.17, 15) is 27.5 Å². The molecule has 188 valence electrons. The largest absolute Gasteiger partial charge is 0.392 e. The number of amides is 1. The quantitative estimate of drug-likeness (QED) is 0.489. The van der Waals surface area contributed by atoms with Crippen molar-refractivity contribution in [3.05, 3.63) is 64.7 Å². The number of hydrogen-bond donors (Lipinski definition) is 2. The molecule has 2 atom stereocenters. The Morgan fingerprint density at radius 2 is 1.56 bits per heavy atom. The average molecular weight is 487 g/mol. The van der Waals surface area contributed by atoms with Crippen molar-refractivity contribution in [2.24, 2.45) is 0 Å². The SMILES string of the molecule is C=O.C=O.CC1CCCC(O)CN1C.Cc1cc(C(=O)Nc2cc(F)c(F)c(F)c2)ccc1F. The minimum atomic E-state index is -1.61. The van der Waals surface area contributed by atoms with Crippen molar-refractivity contribution >= 4 is 25.2 Å². The first-order valence-electron chi connectivity index (χ1n) is 10.3. The van der Waals surface area contributed by atoms with E-state index in [2.05, 4.69) is 24.2 Å². The van der Waals surface area contributed by atoms with E-state index in [1.54, 1.807) is 0 Å². The van der Waals surface area contributed by atoms with Crippen LogP contribution >= 0.6 is 0 Å². The van der Waals surface area contributed by atoms with Gasteiger partial charge in [-0.25, -0.2) is 17.6 Å². The zero-order valence-electron chi connectivity index (χ0n) is 19.4. The summed E-state index contributed by atoms with van der Waals surface area (Å²) in [7, 11) is 2.08. The molecule has 1 heterocycles. The van der Waals surface area contributed by atoms with E-state index in [4.69, 9.17) is 9.59 Å². The third kappa shape index (κ3) is 9.80. The van der Waals surface area contributed by atoms with Crippen LogP contribution in [-0.4, -0.2) is 55.2 Å². The van der Waals surface area contributed by atoms with Gasteiger partial charge in [-0.05, 0) is 63.9 Å². The summed E-state index contributed by atoms with van der Waals surface area (Å²) in [5.41, 5.74) is 0.150. The topological polar surface area (TPSA) is 86.7 Å². The summed E-state index contributed by atoms with van der Waals surface area (Å²) in [6.45, 7) is 8.54. The van der Waals surface area contributed by atoms with Gasteiger partial charge in [0.25, 0.3) is 5.91 Å². The molecule has 6 nitrogen and oxygen atoms in total. The third-order valence-electron chi connectivity index (χ3n) is 5.07. The smallest absolute Gasteiger partial charge is 0.255 e. The van der Waals surface area contributed by atoms with E-state index in [0.29, 0.717) is 18.2 Å². The van der Waals surface area contributed by atoms with E-state index < -0.39 is 29.2 Å². The number of nitrogens with one attached hydrogen (secondary N) is 1. The number of aliphatic hydroxyl groups is 1. The summed E-state index contributed by atoms with van der Waals surface area (Å²) < 4.78 is 51.8. The lowest BCUT2D eigenvalue weighted by molar-refractivity contribution is -0.0987. The lowest BCUT2D eigenvalue weighted by Crippen LogP contribution is -2.32. The van der Waals surface area contributed by atoms with Crippen molar-refractivity contribution in [1.29, 1.82) is 0 Å². The van der Waals surface area contributed by atoms with Gasteiger partial charge in [-0.1, -0.05) is 0 Å². The molecule has 0 bridgehead atoms. The number of β-amino-alcohol motifs (C(OH)–C–C–N with tert-alkyl or cyclic N) is 1. The fraction of sp³-hybridized carbons (Fsp3) is 0.375. The Bertz CT molecular complexity index is 905. The maximum absolute atomic E-state index is 13.1. The summed E-state index contributed by atoms with van der Waals surface area (Å²) in [4.78, 5) is 30.0. The molecule has 1 saturated heterocycles. The van der Waals surface area contributed by atoms with Crippen molar-refractivity contribution in [2.75, 3.05) is 18.9 Å². The van der Waals surface area contributed by atoms with Crippen molar-refractivity contribution in [2.45, 2.75) is 45.3 Å². The molecule has 3 rings (SSSR count). The highest BCUT2D eigenvalue weighted by Gasteiger charge is 2.17. The second kappa shape index (κ2) is 15.7. The van der Waals surface area contributed by atoms with Gasteiger partial charge in [0.2, 0.25) is 0 Å². The van der Waals surface area contributed by atoms with Gasteiger partial charge in [0.15, 0.2) is 17.5 Å². The molecule has 1 aliphatic heterocycles. The minimum absolute atomic E-state index is 0.0880. The van der Waals surface area contributed by atoms with E-state index in [-0.39, 0.29) is 22.9 Å². The molecule has 0 aliphatic carbocycles. The molecule has 0 saturated carbocycles. The predicted molar refractivity (Wildman–Crippen MR) is 122 cm³/mol. The van der Waals surface area contributed by atoms with Gasteiger partial charge in [-0.2, -0.15) is 0 Å². The maximum atomic E-state index is 13.1. The third-order valence-corrected chi connectivity index (χ3v) is 5.07. The molecule has 2 aromatic carbocycles. The second-order valence-electron chi connectivity index (χ2n) is 7.55. The van der Waals surface area contributed by atoms with Crippen molar-refractivity contribution in [1.82, 2.24) is 4.90 Å². The molecule has 2 unspecified atom stereocenters. The normalized spacial score (nSPS) is 17.4. The number of hydrogen-bond acceptors (Lipinski definition) is 5. The van der Waals surface area contributed by atoms with Crippen LogP contribution in [0.1, 0.15) is 42.1 Å². The number of likely N-dealkylation sites (N-methyl/N-ethyl adjacent to an activating group) is 1. The van der Waals surface area contributed by atoms with Gasteiger partial charge < -0.3 is 24.9 Å². The summed E-state index contributed by atoms with van der Waals surface area (Å²) >= 11 is 0. The number of nitrogens with zero attached hydrogens (tertiary/aromatic N) is 1. The minimum Gasteiger partial charge on any atom is -0.392 e. The molecule has 0 spiro atoms. The molecule has 1 aliphatic rings. The first-order chi connectivity index (χ1) is 16.1. The van der Waals surface area contributed by atoms with Crippen molar-refractivity contribution < 1.29 is 37.1 Å². The van der Waals surface area contributed by atoms with Crippen LogP contribution < -0.4 is 5.32 Å². The van der Waals surface area contributed by atoms with Crippen molar-refractivity contribution in [3.8, 4) is 0 Å². The van der Waals surface area contributed by atoms with E-state index in [0.717, 1.165) is 19.0 Å². The van der Waals surface area contributed by atoms with Crippen LogP contribution in [0.3, 0.4) is 0 Å². The zero-order chi connectivity index (χ0) is 26.4. The molecule has 2 N–H and O–H groups in total. The van der Waals surface area contributed by atoms with Gasteiger partial charge in [0.1, 0.15) is 19.4 Å². The average Bonchev–Trinajstić information content (AvgIpc) is 2.96. The molecule has 1 fully saturated rings. The Balaban J connectivity index is 0.000000653. The Kier molecular flexibility index (Phi) is 14.2. The molecular formula is C24H30F4N2O4. The zero-order valence-corrected chi connectivity index (χ0v) is 19.4. The number of carbonyl (C=O) groups is 3. The summed E-state index contributed by atoms with van der Waals surface area (Å²) in [5, 5.41) is 11.5. The lowest BCUT2D eigenvalue weighted by atomic mass is 10.1. The van der Waals surface area contributed by atoms with Crippen LogP contribution in [0.25, 0.3) is 0 Å². The van der Waals surface area contributed by atoms with Gasteiger partial charge in [0, 0.05) is 36.0 Å². The predicted octanol–water partition coefficient (Wildman–Crippen LogP) is 4.29. The van der Waals surface area contributed by atoms with Crippen LogP contribution in [-0.2, 0) is 9.59 Å². The first-order valence-corrected chi connectivity index (χ1v) is 10.3.